The molecule has 2 aromatic heterocycles. The molecule has 0 saturated carbocycles. The summed E-state index contributed by atoms with van der Waals surface area (Å²) >= 11 is 1.65. The molecule has 0 spiro atoms. The number of fused-ring (bicyclic) bond motifs is 2. The number of anilines is 1. The first-order valence-electron chi connectivity index (χ1n) is 9.38. The summed E-state index contributed by atoms with van der Waals surface area (Å²) in [5, 5.41) is 1.52. The van der Waals surface area contributed by atoms with Gasteiger partial charge >= 0.3 is 0 Å². The molecule has 3 rings (SSSR count). The van der Waals surface area contributed by atoms with E-state index in [0.29, 0.717) is 5.39 Å². The molecule has 0 aliphatic carbocycles. The minimum absolute atomic E-state index is 0.0807. The standard InChI is InChI=1S/C19H23N3OS.C2H6/c1-4-22(5-2)12-11-21(3)15-7-6-8-17-18(15)19(23)14-13-20-10-9-16(14)24-17;1-2/h6-10,13H,4-5,11-12H2,1-3H3;1-2H3. The zero-order valence-corrected chi connectivity index (χ0v) is 17.3. The molecular formula is C21H29N3OS. The van der Waals surface area contributed by atoms with Crippen LogP contribution in [0.25, 0.3) is 20.2 Å². The molecule has 5 heteroatoms. The van der Waals surface area contributed by atoms with Crippen LogP contribution in [0.15, 0.2) is 41.5 Å². The minimum Gasteiger partial charge on any atom is -0.373 e. The molecule has 0 atom stereocenters. The number of nitrogens with zero attached hydrogens (tertiary/aromatic N) is 3. The van der Waals surface area contributed by atoms with Gasteiger partial charge in [-0.3, -0.25) is 9.78 Å². The van der Waals surface area contributed by atoms with Crippen LogP contribution in [0.4, 0.5) is 5.69 Å². The molecule has 4 nitrogen and oxygen atoms in total. The molecular weight excluding hydrogens is 342 g/mol. The zero-order chi connectivity index (χ0) is 19.1. The van der Waals surface area contributed by atoms with Crippen LogP contribution in [0.2, 0.25) is 0 Å². The fourth-order valence-corrected chi connectivity index (χ4v) is 4.06. The van der Waals surface area contributed by atoms with Gasteiger partial charge in [0.25, 0.3) is 0 Å². The maximum Gasteiger partial charge on any atom is 0.199 e. The summed E-state index contributed by atoms with van der Waals surface area (Å²) in [4.78, 5) is 21.7. The van der Waals surface area contributed by atoms with Gasteiger partial charge in [0, 0.05) is 47.6 Å². The lowest BCUT2D eigenvalue weighted by molar-refractivity contribution is 0.311. The van der Waals surface area contributed by atoms with Crippen molar-refractivity contribution in [2.45, 2.75) is 27.7 Å². The lowest BCUT2D eigenvalue weighted by Gasteiger charge is -2.25. The summed E-state index contributed by atoms with van der Waals surface area (Å²) in [5.41, 5.74) is 1.09. The molecule has 0 aliphatic rings. The Balaban J connectivity index is 0.00000117. The van der Waals surface area contributed by atoms with Crippen LogP contribution in [0.3, 0.4) is 0 Å². The highest BCUT2D eigenvalue weighted by Crippen LogP contribution is 2.30. The van der Waals surface area contributed by atoms with Crippen molar-refractivity contribution in [1.82, 2.24) is 9.88 Å². The number of rotatable bonds is 6. The third-order valence-corrected chi connectivity index (χ3v) is 5.67. The molecule has 0 radical (unpaired) electrons. The molecule has 0 saturated heterocycles. The fraction of sp³-hybridized carbons (Fsp3) is 0.429. The Bertz CT molecular complexity index is 903. The first-order chi connectivity index (χ1) is 12.7. The second-order valence-corrected chi connectivity index (χ2v) is 6.99. The van der Waals surface area contributed by atoms with Crippen molar-refractivity contribution in [1.29, 1.82) is 0 Å². The minimum atomic E-state index is 0.0807. The average Bonchev–Trinajstić information content (AvgIpc) is 2.70. The van der Waals surface area contributed by atoms with Crippen LogP contribution < -0.4 is 10.3 Å². The molecule has 26 heavy (non-hydrogen) atoms. The first-order valence-corrected chi connectivity index (χ1v) is 10.2. The number of pyridine rings is 1. The smallest absolute Gasteiger partial charge is 0.199 e. The number of likely N-dealkylation sites (N-methyl/N-ethyl adjacent to an activating group) is 2. The lowest BCUT2D eigenvalue weighted by Crippen LogP contribution is -2.33. The van der Waals surface area contributed by atoms with Gasteiger partial charge in [-0.25, -0.2) is 0 Å². The van der Waals surface area contributed by atoms with Gasteiger partial charge in [0.15, 0.2) is 5.43 Å². The van der Waals surface area contributed by atoms with E-state index in [9.17, 15) is 4.79 Å². The van der Waals surface area contributed by atoms with Gasteiger partial charge in [-0.1, -0.05) is 33.8 Å². The van der Waals surface area contributed by atoms with Crippen LogP contribution in [-0.4, -0.2) is 43.1 Å². The number of benzene rings is 1. The molecule has 0 amide bonds. The molecule has 140 valence electrons. The highest BCUT2D eigenvalue weighted by atomic mass is 32.1. The van der Waals surface area contributed by atoms with Gasteiger partial charge in [-0.2, -0.15) is 0 Å². The van der Waals surface area contributed by atoms with Gasteiger partial charge < -0.3 is 9.80 Å². The molecule has 0 unspecified atom stereocenters. The largest absolute Gasteiger partial charge is 0.373 e. The van der Waals surface area contributed by atoms with Crippen molar-refractivity contribution in [2.24, 2.45) is 0 Å². The number of aromatic nitrogens is 1. The summed E-state index contributed by atoms with van der Waals surface area (Å²) in [6, 6.07) is 8.02. The van der Waals surface area contributed by atoms with Crippen LogP contribution in [0.1, 0.15) is 27.7 Å². The molecule has 3 aromatic rings. The first kappa shape index (κ1) is 20.3. The van der Waals surface area contributed by atoms with Crippen LogP contribution in [0, 0.1) is 0 Å². The Kier molecular flexibility index (Phi) is 7.54. The monoisotopic (exact) mass is 371 g/mol. The Morgan fingerprint density at radius 2 is 1.77 bits per heavy atom. The van der Waals surface area contributed by atoms with Crippen LogP contribution in [-0.2, 0) is 0 Å². The van der Waals surface area contributed by atoms with Gasteiger partial charge in [0.1, 0.15) is 0 Å². The molecule has 0 N–H and O–H groups in total. The zero-order valence-electron chi connectivity index (χ0n) is 16.5. The Morgan fingerprint density at radius 3 is 2.46 bits per heavy atom. The third kappa shape index (κ3) is 4.22. The lowest BCUT2D eigenvalue weighted by atomic mass is 10.1. The highest BCUT2D eigenvalue weighted by molar-refractivity contribution is 7.24. The average molecular weight is 372 g/mol. The van der Waals surface area contributed by atoms with Gasteiger partial charge in [0.2, 0.25) is 0 Å². The van der Waals surface area contributed by atoms with Crippen LogP contribution in [0.5, 0.6) is 0 Å². The maximum absolute atomic E-state index is 13.0. The summed E-state index contributed by atoms with van der Waals surface area (Å²) in [6.07, 6.45) is 3.42. The number of hydrogen-bond acceptors (Lipinski definition) is 5. The van der Waals surface area contributed by atoms with Crippen LogP contribution >= 0.6 is 11.3 Å². The van der Waals surface area contributed by atoms with Gasteiger partial charge in [-0.15, -0.1) is 11.3 Å². The topological polar surface area (TPSA) is 36.4 Å². The summed E-state index contributed by atoms with van der Waals surface area (Å²) < 4.78 is 2.02. The second-order valence-electron chi connectivity index (χ2n) is 5.90. The van der Waals surface area contributed by atoms with E-state index in [2.05, 4.69) is 35.7 Å². The second kappa shape index (κ2) is 9.64. The predicted octanol–water partition coefficient (Wildman–Crippen LogP) is 4.61. The van der Waals surface area contributed by atoms with E-state index < -0.39 is 0 Å². The molecule has 0 bridgehead atoms. The van der Waals surface area contributed by atoms with Crippen molar-refractivity contribution in [2.75, 3.05) is 38.1 Å². The van der Waals surface area contributed by atoms with Crippen molar-refractivity contribution in [3.05, 3.63) is 46.9 Å². The van der Waals surface area contributed by atoms with Crippen molar-refractivity contribution in [3.8, 4) is 0 Å². The molecule has 1 aromatic carbocycles. The fourth-order valence-electron chi connectivity index (χ4n) is 3.00. The summed E-state index contributed by atoms with van der Waals surface area (Å²) in [6.45, 7) is 12.3. The Labute approximate surface area is 160 Å². The van der Waals surface area contributed by atoms with Gasteiger partial charge in [0.05, 0.1) is 10.8 Å². The predicted molar refractivity (Wildman–Crippen MR) is 116 cm³/mol. The van der Waals surface area contributed by atoms with E-state index in [4.69, 9.17) is 0 Å². The van der Waals surface area contributed by atoms with E-state index >= 15 is 0 Å². The summed E-state index contributed by atoms with van der Waals surface area (Å²) in [5.74, 6) is 0. The SMILES string of the molecule is CC.CCN(CC)CCN(C)c1cccc2sc3ccncc3c(=O)c12. The van der Waals surface area contributed by atoms with Crippen molar-refractivity contribution in [3.63, 3.8) is 0 Å². The molecule has 2 heterocycles. The van der Waals surface area contributed by atoms with E-state index in [1.165, 1.54) is 0 Å². The third-order valence-electron chi connectivity index (χ3n) is 4.53. The van der Waals surface area contributed by atoms with Gasteiger partial charge in [-0.05, 0) is 31.3 Å². The van der Waals surface area contributed by atoms with Crippen molar-refractivity contribution >= 4 is 37.2 Å². The Morgan fingerprint density at radius 1 is 1.04 bits per heavy atom. The number of hydrogen-bond donors (Lipinski definition) is 0. The molecule has 0 aliphatic heterocycles. The Hall–Kier alpha value is -1.98. The van der Waals surface area contributed by atoms with E-state index in [1.807, 2.05) is 38.1 Å². The molecule has 0 fully saturated rings. The van der Waals surface area contributed by atoms with Crippen molar-refractivity contribution < 1.29 is 0 Å². The van der Waals surface area contributed by atoms with E-state index in [1.54, 1.807) is 23.7 Å². The normalized spacial score (nSPS) is 10.8. The van der Waals surface area contributed by atoms with E-state index in [-0.39, 0.29) is 5.43 Å². The highest BCUT2D eigenvalue weighted by Gasteiger charge is 2.13. The quantitative estimate of drug-likeness (QED) is 0.593. The maximum atomic E-state index is 13.0. The van der Waals surface area contributed by atoms with E-state index in [0.717, 1.165) is 46.7 Å². The summed E-state index contributed by atoms with van der Waals surface area (Å²) in [7, 11) is 2.07.